The first kappa shape index (κ1) is 13.0. The normalized spacial score (nSPS) is 32.6. The Morgan fingerprint density at radius 3 is 2.95 bits per heavy atom. The zero-order valence-electron chi connectivity index (χ0n) is 11.2. The van der Waals surface area contributed by atoms with Gasteiger partial charge in [-0.25, -0.2) is 0 Å². The van der Waals surface area contributed by atoms with Gasteiger partial charge in [0.1, 0.15) is 6.10 Å². The molecule has 2 aliphatic rings. The van der Waals surface area contributed by atoms with E-state index in [4.69, 9.17) is 9.47 Å². The third kappa shape index (κ3) is 2.63. The molecule has 19 heavy (non-hydrogen) atoms. The van der Waals surface area contributed by atoms with Crippen LogP contribution in [0.3, 0.4) is 0 Å². The van der Waals surface area contributed by atoms with Crippen LogP contribution in [-0.4, -0.2) is 40.5 Å². The lowest BCUT2D eigenvalue weighted by Gasteiger charge is -2.38. The topological polar surface area (TPSA) is 64.5 Å². The summed E-state index contributed by atoms with van der Waals surface area (Å²) >= 11 is 0. The molecule has 0 aliphatic carbocycles. The summed E-state index contributed by atoms with van der Waals surface area (Å²) in [5, 5.41) is 10.5. The molecule has 3 atom stereocenters. The minimum Gasteiger partial charge on any atom is -0.386 e. The van der Waals surface area contributed by atoms with Gasteiger partial charge in [-0.2, -0.15) is 0 Å². The molecule has 0 bridgehead atoms. The van der Waals surface area contributed by atoms with Gasteiger partial charge in [-0.05, 0) is 25.7 Å². The van der Waals surface area contributed by atoms with Gasteiger partial charge >= 0.3 is 0 Å². The fourth-order valence-electron chi connectivity index (χ4n) is 3.00. The van der Waals surface area contributed by atoms with Crippen LogP contribution in [0.25, 0.3) is 0 Å². The van der Waals surface area contributed by atoms with Gasteiger partial charge in [-0.3, -0.25) is 9.97 Å². The molecule has 1 aromatic heterocycles. The molecule has 1 aromatic rings. The summed E-state index contributed by atoms with van der Waals surface area (Å²) < 4.78 is 11.3. The van der Waals surface area contributed by atoms with Crippen LogP contribution in [0.5, 0.6) is 0 Å². The van der Waals surface area contributed by atoms with Gasteiger partial charge in [-0.15, -0.1) is 0 Å². The second-order valence-electron chi connectivity index (χ2n) is 5.61. The molecule has 0 radical (unpaired) electrons. The van der Waals surface area contributed by atoms with E-state index in [1.165, 1.54) is 0 Å². The van der Waals surface area contributed by atoms with Crippen LogP contribution in [0, 0.1) is 12.8 Å². The van der Waals surface area contributed by atoms with Crippen molar-refractivity contribution in [1.29, 1.82) is 0 Å². The smallest absolute Gasteiger partial charge is 0.100 e. The molecule has 5 heteroatoms. The van der Waals surface area contributed by atoms with Crippen LogP contribution in [0.2, 0.25) is 0 Å². The number of aryl methyl sites for hydroxylation is 1. The number of aliphatic hydroxyl groups is 1. The lowest BCUT2D eigenvalue weighted by atomic mass is 9.81. The molecule has 0 amide bonds. The second kappa shape index (κ2) is 5.15. The SMILES string of the molecule is Cc1cnc(C(O)C2CCOC3(CCOC3)C2)cn1. The zero-order valence-corrected chi connectivity index (χ0v) is 11.2. The van der Waals surface area contributed by atoms with Crippen LogP contribution in [0.4, 0.5) is 0 Å². The fourth-order valence-corrected chi connectivity index (χ4v) is 3.00. The van der Waals surface area contributed by atoms with Crippen molar-refractivity contribution in [3.63, 3.8) is 0 Å². The highest BCUT2D eigenvalue weighted by Crippen LogP contribution is 2.40. The Labute approximate surface area is 113 Å². The van der Waals surface area contributed by atoms with Crippen molar-refractivity contribution in [2.24, 2.45) is 5.92 Å². The predicted octanol–water partition coefficient (Wildman–Crippen LogP) is 1.40. The Kier molecular flexibility index (Phi) is 3.52. The number of ether oxygens (including phenoxy) is 2. The molecule has 0 saturated carbocycles. The zero-order chi connectivity index (χ0) is 13.3. The molecular weight excluding hydrogens is 244 g/mol. The van der Waals surface area contributed by atoms with E-state index in [9.17, 15) is 5.11 Å². The van der Waals surface area contributed by atoms with Crippen LogP contribution >= 0.6 is 0 Å². The van der Waals surface area contributed by atoms with Crippen molar-refractivity contribution in [3.8, 4) is 0 Å². The van der Waals surface area contributed by atoms with E-state index >= 15 is 0 Å². The predicted molar refractivity (Wildman–Crippen MR) is 68.6 cm³/mol. The third-order valence-corrected chi connectivity index (χ3v) is 4.15. The van der Waals surface area contributed by atoms with Crippen LogP contribution in [-0.2, 0) is 9.47 Å². The Morgan fingerprint density at radius 1 is 1.37 bits per heavy atom. The van der Waals surface area contributed by atoms with Crippen molar-refractivity contribution in [2.45, 2.75) is 37.9 Å². The van der Waals surface area contributed by atoms with Crippen molar-refractivity contribution >= 4 is 0 Å². The summed E-state index contributed by atoms with van der Waals surface area (Å²) in [4.78, 5) is 8.49. The highest BCUT2D eigenvalue weighted by Gasteiger charge is 2.43. The molecule has 104 valence electrons. The molecular formula is C14H20N2O3. The van der Waals surface area contributed by atoms with E-state index in [2.05, 4.69) is 9.97 Å². The van der Waals surface area contributed by atoms with Gasteiger partial charge in [0, 0.05) is 25.8 Å². The molecule has 2 saturated heterocycles. The maximum absolute atomic E-state index is 10.5. The molecule has 2 aliphatic heterocycles. The minimum atomic E-state index is -0.561. The fraction of sp³-hybridized carbons (Fsp3) is 0.714. The maximum atomic E-state index is 10.5. The molecule has 2 fully saturated rings. The molecule has 1 spiro atoms. The standard InChI is InChI=1S/C14H20N2O3/c1-10-7-16-12(8-15-10)13(17)11-2-4-19-14(6-11)3-5-18-9-14/h7-8,11,13,17H,2-6,9H2,1H3. The van der Waals surface area contributed by atoms with Crippen LogP contribution < -0.4 is 0 Å². The maximum Gasteiger partial charge on any atom is 0.100 e. The van der Waals surface area contributed by atoms with Gasteiger partial charge in [0.25, 0.3) is 0 Å². The second-order valence-corrected chi connectivity index (χ2v) is 5.61. The number of aromatic nitrogens is 2. The van der Waals surface area contributed by atoms with E-state index in [1.54, 1.807) is 12.4 Å². The Bertz CT molecular complexity index is 429. The minimum absolute atomic E-state index is 0.174. The van der Waals surface area contributed by atoms with Crippen molar-refractivity contribution in [1.82, 2.24) is 9.97 Å². The van der Waals surface area contributed by atoms with Gasteiger partial charge in [0.15, 0.2) is 0 Å². The van der Waals surface area contributed by atoms with Gasteiger partial charge in [0.2, 0.25) is 0 Å². The van der Waals surface area contributed by atoms with Crippen molar-refractivity contribution in [3.05, 3.63) is 23.8 Å². The summed E-state index contributed by atoms with van der Waals surface area (Å²) in [7, 11) is 0. The molecule has 3 rings (SSSR count). The average molecular weight is 264 g/mol. The van der Waals surface area contributed by atoms with E-state index in [0.29, 0.717) is 18.9 Å². The van der Waals surface area contributed by atoms with Gasteiger partial charge in [-0.1, -0.05) is 0 Å². The molecule has 3 heterocycles. The van der Waals surface area contributed by atoms with Gasteiger partial charge < -0.3 is 14.6 Å². The summed E-state index contributed by atoms with van der Waals surface area (Å²) in [6, 6.07) is 0. The van der Waals surface area contributed by atoms with Crippen LogP contribution in [0.15, 0.2) is 12.4 Å². The van der Waals surface area contributed by atoms with E-state index in [1.807, 2.05) is 6.92 Å². The number of hydrogen-bond acceptors (Lipinski definition) is 5. The monoisotopic (exact) mass is 264 g/mol. The Hall–Kier alpha value is -1.04. The largest absolute Gasteiger partial charge is 0.386 e. The van der Waals surface area contributed by atoms with Crippen molar-refractivity contribution in [2.75, 3.05) is 19.8 Å². The average Bonchev–Trinajstić information content (AvgIpc) is 2.87. The number of hydrogen-bond donors (Lipinski definition) is 1. The number of rotatable bonds is 2. The lowest BCUT2D eigenvalue weighted by molar-refractivity contribution is -0.117. The van der Waals surface area contributed by atoms with Gasteiger partial charge in [0.05, 0.1) is 29.8 Å². The summed E-state index contributed by atoms with van der Waals surface area (Å²) in [6.45, 7) is 3.98. The molecule has 1 N–H and O–H groups in total. The van der Waals surface area contributed by atoms with Crippen LogP contribution in [0.1, 0.15) is 36.8 Å². The summed E-state index contributed by atoms with van der Waals surface area (Å²) in [5.74, 6) is 0.174. The lowest BCUT2D eigenvalue weighted by Crippen LogP contribution is -2.42. The van der Waals surface area contributed by atoms with E-state index < -0.39 is 6.10 Å². The number of aliphatic hydroxyl groups excluding tert-OH is 1. The van der Waals surface area contributed by atoms with E-state index in [0.717, 1.165) is 31.6 Å². The first-order valence-electron chi connectivity index (χ1n) is 6.87. The molecule has 3 unspecified atom stereocenters. The van der Waals surface area contributed by atoms with E-state index in [-0.39, 0.29) is 11.5 Å². The molecule has 0 aromatic carbocycles. The Balaban J connectivity index is 1.72. The number of nitrogens with zero attached hydrogens (tertiary/aromatic N) is 2. The Morgan fingerprint density at radius 2 is 2.26 bits per heavy atom. The highest BCUT2D eigenvalue weighted by atomic mass is 16.6. The summed E-state index contributed by atoms with van der Waals surface area (Å²) in [5.41, 5.74) is 1.34. The first-order valence-corrected chi connectivity index (χ1v) is 6.87. The quantitative estimate of drug-likeness (QED) is 0.874. The highest BCUT2D eigenvalue weighted by molar-refractivity contribution is 5.06. The first-order chi connectivity index (χ1) is 9.19. The molecule has 5 nitrogen and oxygen atoms in total. The summed E-state index contributed by atoms with van der Waals surface area (Å²) in [6.07, 6.45) is 5.44. The third-order valence-electron chi connectivity index (χ3n) is 4.15. The van der Waals surface area contributed by atoms with Crippen molar-refractivity contribution < 1.29 is 14.6 Å².